The van der Waals surface area contributed by atoms with Gasteiger partial charge >= 0.3 is 5.97 Å². The third-order valence-corrected chi connectivity index (χ3v) is 1.72. The Kier molecular flexibility index (Phi) is 5.66. The van der Waals surface area contributed by atoms with Crippen LogP contribution in [0.25, 0.3) is 0 Å². The van der Waals surface area contributed by atoms with Crippen LogP contribution < -0.4 is 11.1 Å². The number of carbonyl (C=O) groups is 2. The third kappa shape index (κ3) is 6.88. The average molecular weight is 239 g/mol. The van der Waals surface area contributed by atoms with E-state index in [-0.39, 0.29) is 11.5 Å². The van der Waals surface area contributed by atoms with Crippen LogP contribution >= 0.6 is 0 Å². The first-order valence-corrected chi connectivity index (χ1v) is 4.93. The minimum Gasteiger partial charge on any atom is -0.478 e. The van der Waals surface area contributed by atoms with E-state index >= 15 is 0 Å². The first kappa shape index (κ1) is 14.9. The summed E-state index contributed by atoms with van der Waals surface area (Å²) < 4.78 is 0. The summed E-state index contributed by atoms with van der Waals surface area (Å²) in [6.07, 6.45) is 5.13. The highest BCUT2D eigenvalue weighted by Crippen LogP contribution is 2.03. The van der Waals surface area contributed by atoms with E-state index < -0.39 is 11.5 Å². The number of aliphatic imine (C=N–C) groups is 1. The SMILES string of the molecule is CC(=O)NC(C)(C)/C=C/N=C/C(=C\N)C(=O)O. The summed E-state index contributed by atoms with van der Waals surface area (Å²) >= 11 is 0. The van der Waals surface area contributed by atoms with Crippen LogP contribution in [0.1, 0.15) is 20.8 Å². The molecule has 0 aliphatic carbocycles. The molecule has 0 bridgehead atoms. The van der Waals surface area contributed by atoms with Gasteiger partial charge in [0.1, 0.15) is 0 Å². The van der Waals surface area contributed by atoms with Crippen molar-refractivity contribution in [1.82, 2.24) is 5.32 Å². The molecule has 0 aromatic heterocycles. The van der Waals surface area contributed by atoms with Gasteiger partial charge in [-0.2, -0.15) is 0 Å². The number of amides is 1. The van der Waals surface area contributed by atoms with Gasteiger partial charge in [0, 0.05) is 25.5 Å². The fourth-order valence-electron chi connectivity index (χ4n) is 1.02. The summed E-state index contributed by atoms with van der Waals surface area (Å²) in [6.45, 7) is 4.99. The second-order valence-electron chi connectivity index (χ2n) is 3.92. The molecule has 17 heavy (non-hydrogen) atoms. The molecule has 0 aliphatic rings. The van der Waals surface area contributed by atoms with Crippen molar-refractivity contribution < 1.29 is 14.7 Å². The first-order chi connectivity index (χ1) is 7.78. The van der Waals surface area contributed by atoms with Crippen LogP contribution in [0.3, 0.4) is 0 Å². The quantitative estimate of drug-likeness (QED) is 0.477. The number of nitrogens with one attached hydrogen (secondary N) is 1. The second-order valence-corrected chi connectivity index (χ2v) is 3.92. The lowest BCUT2D eigenvalue weighted by Gasteiger charge is -2.20. The molecule has 0 rings (SSSR count). The van der Waals surface area contributed by atoms with Gasteiger partial charge in [0.25, 0.3) is 0 Å². The second kappa shape index (κ2) is 6.47. The van der Waals surface area contributed by atoms with E-state index in [0.717, 1.165) is 12.4 Å². The summed E-state index contributed by atoms with van der Waals surface area (Å²) in [5, 5.41) is 11.3. The zero-order valence-corrected chi connectivity index (χ0v) is 10.1. The fraction of sp³-hybridized carbons (Fsp3) is 0.364. The summed E-state index contributed by atoms with van der Waals surface area (Å²) in [4.78, 5) is 25.2. The van der Waals surface area contributed by atoms with E-state index in [2.05, 4.69) is 10.3 Å². The van der Waals surface area contributed by atoms with Crippen molar-refractivity contribution in [3.8, 4) is 0 Å². The number of carboxylic acids is 1. The van der Waals surface area contributed by atoms with E-state index in [0.29, 0.717) is 0 Å². The van der Waals surface area contributed by atoms with Crippen molar-refractivity contribution in [3.63, 3.8) is 0 Å². The molecule has 6 heteroatoms. The van der Waals surface area contributed by atoms with Gasteiger partial charge in [-0.25, -0.2) is 4.79 Å². The zero-order chi connectivity index (χ0) is 13.5. The molecule has 1 amide bonds. The topological polar surface area (TPSA) is 105 Å². The van der Waals surface area contributed by atoms with Crippen molar-refractivity contribution in [1.29, 1.82) is 0 Å². The lowest BCUT2D eigenvalue weighted by Crippen LogP contribution is -2.40. The molecule has 0 aromatic rings. The largest absolute Gasteiger partial charge is 0.478 e. The molecule has 4 N–H and O–H groups in total. The van der Waals surface area contributed by atoms with Crippen molar-refractivity contribution in [2.75, 3.05) is 0 Å². The minimum absolute atomic E-state index is 0.105. The number of rotatable bonds is 5. The van der Waals surface area contributed by atoms with Gasteiger partial charge in [-0.15, -0.1) is 0 Å². The Balaban J connectivity index is 4.51. The monoisotopic (exact) mass is 239 g/mol. The van der Waals surface area contributed by atoms with E-state index in [9.17, 15) is 9.59 Å². The van der Waals surface area contributed by atoms with Crippen molar-refractivity contribution in [3.05, 3.63) is 24.0 Å². The first-order valence-electron chi connectivity index (χ1n) is 4.93. The third-order valence-electron chi connectivity index (χ3n) is 1.72. The Morgan fingerprint density at radius 1 is 1.41 bits per heavy atom. The van der Waals surface area contributed by atoms with Crippen molar-refractivity contribution in [2.24, 2.45) is 10.7 Å². The minimum atomic E-state index is -1.15. The maximum Gasteiger partial charge on any atom is 0.338 e. The molecule has 0 fully saturated rings. The standard InChI is InChI=1S/C11H17N3O3/c1-8(15)14-11(2,3)4-5-13-7-9(6-12)10(16)17/h4-7H,12H2,1-3H3,(H,14,15)(H,16,17)/b5-4+,9-6+,13-7+. The van der Waals surface area contributed by atoms with Gasteiger partial charge in [-0.1, -0.05) is 0 Å². The maximum atomic E-state index is 10.8. The van der Waals surface area contributed by atoms with Gasteiger partial charge < -0.3 is 16.2 Å². The van der Waals surface area contributed by atoms with Gasteiger partial charge in [0.15, 0.2) is 0 Å². The molecule has 0 atom stereocenters. The normalized spacial score (nSPS) is 13.2. The van der Waals surface area contributed by atoms with Gasteiger partial charge in [0.05, 0.1) is 11.1 Å². The molecule has 6 nitrogen and oxygen atoms in total. The molecule has 0 unspecified atom stereocenters. The number of aliphatic carboxylic acids is 1. The van der Waals surface area contributed by atoms with Gasteiger partial charge in [0.2, 0.25) is 5.91 Å². The maximum absolute atomic E-state index is 10.8. The van der Waals surface area contributed by atoms with Crippen LogP contribution in [0.4, 0.5) is 0 Å². The molecule has 0 saturated heterocycles. The Hall–Kier alpha value is -2.11. The number of carbonyl (C=O) groups excluding carboxylic acids is 1. The predicted octanol–water partition coefficient (Wildman–Crippen LogP) is 0.413. The highest BCUT2D eigenvalue weighted by Gasteiger charge is 2.13. The highest BCUT2D eigenvalue weighted by atomic mass is 16.4. The lowest BCUT2D eigenvalue weighted by atomic mass is 10.1. The highest BCUT2D eigenvalue weighted by molar-refractivity contribution is 6.08. The Labute approximate surface area is 99.9 Å². The van der Waals surface area contributed by atoms with E-state index in [1.54, 1.807) is 19.9 Å². The Morgan fingerprint density at radius 2 is 2.00 bits per heavy atom. The number of hydrogen-bond donors (Lipinski definition) is 3. The summed E-state index contributed by atoms with van der Waals surface area (Å²) in [5.41, 5.74) is 4.45. The summed E-state index contributed by atoms with van der Waals surface area (Å²) in [6, 6.07) is 0. The van der Waals surface area contributed by atoms with Gasteiger partial charge in [-0.05, 0) is 19.9 Å². The molecule has 0 radical (unpaired) electrons. The van der Waals surface area contributed by atoms with Crippen LogP contribution in [-0.2, 0) is 9.59 Å². The number of hydrogen-bond acceptors (Lipinski definition) is 4. The van der Waals surface area contributed by atoms with Crippen LogP contribution in [0.2, 0.25) is 0 Å². The molecule has 0 aromatic carbocycles. The molecular formula is C11H17N3O3. The van der Waals surface area contributed by atoms with Crippen molar-refractivity contribution >= 4 is 18.1 Å². The number of carboxylic acid groups (broad SMARTS) is 1. The molecular weight excluding hydrogens is 222 g/mol. The molecule has 0 aliphatic heterocycles. The van der Waals surface area contributed by atoms with Crippen molar-refractivity contribution in [2.45, 2.75) is 26.3 Å². The number of nitrogens with two attached hydrogens (primary N) is 1. The molecule has 0 heterocycles. The molecule has 94 valence electrons. The number of nitrogens with zero attached hydrogens (tertiary/aromatic N) is 1. The smallest absolute Gasteiger partial charge is 0.338 e. The van der Waals surface area contributed by atoms with E-state index in [4.69, 9.17) is 10.8 Å². The molecule has 0 saturated carbocycles. The van der Waals surface area contributed by atoms with Gasteiger partial charge in [-0.3, -0.25) is 9.79 Å². The Bertz CT molecular complexity index is 381. The predicted molar refractivity (Wildman–Crippen MR) is 65.4 cm³/mol. The summed E-state index contributed by atoms with van der Waals surface area (Å²) in [7, 11) is 0. The van der Waals surface area contributed by atoms with E-state index in [1.807, 2.05) is 0 Å². The van der Waals surface area contributed by atoms with Crippen LogP contribution in [0.15, 0.2) is 29.0 Å². The van der Waals surface area contributed by atoms with Crippen LogP contribution in [0.5, 0.6) is 0 Å². The Morgan fingerprint density at radius 3 is 2.41 bits per heavy atom. The zero-order valence-electron chi connectivity index (χ0n) is 10.1. The fourth-order valence-corrected chi connectivity index (χ4v) is 1.02. The molecule has 0 spiro atoms. The summed E-state index contributed by atoms with van der Waals surface area (Å²) in [5.74, 6) is -1.30. The van der Waals surface area contributed by atoms with Crippen LogP contribution in [0, 0.1) is 0 Å². The van der Waals surface area contributed by atoms with Crippen LogP contribution in [-0.4, -0.2) is 28.7 Å². The lowest BCUT2D eigenvalue weighted by molar-refractivity contribution is -0.132. The van der Waals surface area contributed by atoms with E-state index in [1.165, 1.54) is 13.1 Å². The average Bonchev–Trinajstić information content (AvgIpc) is 2.14.